The average Bonchev–Trinajstić information content (AvgIpc) is 2.63. The maximum absolute atomic E-state index is 12.4. The number of rotatable bonds is 4. The van der Waals surface area contributed by atoms with Crippen LogP contribution in [0.25, 0.3) is 0 Å². The summed E-state index contributed by atoms with van der Waals surface area (Å²) in [7, 11) is 0. The molecule has 0 aliphatic carbocycles. The van der Waals surface area contributed by atoms with Crippen molar-refractivity contribution in [3.05, 3.63) is 52.8 Å². The Morgan fingerprint density at radius 1 is 1.29 bits per heavy atom. The lowest BCUT2D eigenvalue weighted by atomic mass is 9.99. The zero-order chi connectivity index (χ0) is 16.9. The summed E-state index contributed by atoms with van der Waals surface area (Å²) in [6.07, 6.45) is 6.73. The molecule has 1 N–H and O–H groups in total. The molecule has 2 aromatic rings. The van der Waals surface area contributed by atoms with Crippen molar-refractivity contribution in [2.24, 2.45) is 0 Å². The Labute approximate surface area is 151 Å². The fraction of sp³-hybridized carbons (Fsp3) is 0.368. The molecular weight excluding hydrogens is 366 g/mol. The number of nitrogens with zero attached hydrogens (tertiary/aromatic N) is 2. The van der Waals surface area contributed by atoms with Gasteiger partial charge in [-0.3, -0.25) is 4.79 Å². The van der Waals surface area contributed by atoms with Gasteiger partial charge in [0, 0.05) is 17.1 Å². The van der Waals surface area contributed by atoms with E-state index in [0.29, 0.717) is 11.7 Å². The van der Waals surface area contributed by atoms with Crippen LogP contribution in [0.4, 0.5) is 11.4 Å². The van der Waals surface area contributed by atoms with E-state index in [-0.39, 0.29) is 5.91 Å². The molecule has 126 valence electrons. The van der Waals surface area contributed by atoms with Crippen LogP contribution in [0.1, 0.15) is 43.1 Å². The van der Waals surface area contributed by atoms with Crippen LogP contribution in [0.2, 0.25) is 0 Å². The molecule has 2 heterocycles. The van der Waals surface area contributed by atoms with Crippen molar-refractivity contribution in [2.45, 2.75) is 38.6 Å². The SMILES string of the molecule is CCC1CCCCN1c1ccc(C(=O)Nc2ccccc2Br)nc1. The van der Waals surface area contributed by atoms with Gasteiger partial charge >= 0.3 is 0 Å². The molecule has 1 amide bonds. The lowest BCUT2D eigenvalue weighted by Gasteiger charge is -2.37. The lowest BCUT2D eigenvalue weighted by molar-refractivity contribution is 0.102. The van der Waals surface area contributed by atoms with E-state index in [9.17, 15) is 4.79 Å². The monoisotopic (exact) mass is 387 g/mol. The fourth-order valence-electron chi connectivity index (χ4n) is 3.20. The van der Waals surface area contributed by atoms with Crippen LogP contribution in [0.5, 0.6) is 0 Å². The highest BCUT2D eigenvalue weighted by atomic mass is 79.9. The molecular formula is C19H22BrN3O. The molecule has 1 aromatic heterocycles. The lowest BCUT2D eigenvalue weighted by Crippen LogP contribution is -2.39. The minimum atomic E-state index is -0.195. The molecule has 0 spiro atoms. The average molecular weight is 388 g/mol. The van der Waals surface area contributed by atoms with Crippen LogP contribution in [-0.4, -0.2) is 23.5 Å². The second-order valence-corrected chi connectivity index (χ2v) is 6.94. The Kier molecular flexibility index (Phi) is 5.51. The molecule has 24 heavy (non-hydrogen) atoms. The first-order valence-electron chi connectivity index (χ1n) is 8.47. The summed E-state index contributed by atoms with van der Waals surface area (Å²) < 4.78 is 0.856. The highest BCUT2D eigenvalue weighted by Gasteiger charge is 2.21. The topological polar surface area (TPSA) is 45.2 Å². The number of carbonyl (C=O) groups is 1. The van der Waals surface area contributed by atoms with Gasteiger partial charge in [-0.25, -0.2) is 4.98 Å². The number of carbonyl (C=O) groups excluding carboxylic acids is 1. The van der Waals surface area contributed by atoms with Gasteiger partial charge in [0.2, 0.25) is 0 Å². The smallest absolute Gasteiger partial charge is 0.274 e. The number of nitrogens with one attached hydrogen (secondary N) is 1. The summed E-state index contributed by atoms with van der Waals surface area (Å²) in [5, 5.41) is 2.88. The molecule has 1 aliphatic rings. The summed E-state index contributed by atoms with van der Waals surface area (Å²) in [6, 6.07) is 12.0. The summed E-state index contributed by atoms with van der Waals surface area (Å²) in [6.45, 7) is 3.30. The van der Waals surface area contributed by atoms with Crippen molar-refractivity contribution in [3.63, 3.8) is 0 Å². The van der Waals surface area contributed by atoms with E-state index in [0.717, 1.165) is 28.8 Å². The number of aromatic nitrogens is 1. The first kappa shape index (κ1) is 17.0. The van der Waals surface area contributed by atoms with Gasteiger partial charge in [0.05, 0.1) is 17.6 Å². The minimum absolute atomic E-state index is 0.195. The van der Waals surface area contributed by atoms with Crippen LogP contribution >= 0.6 is 15.9 Å². The molecule has 1 aliphatic heterocycles. The summed E-state index contributed by atoms with van der Waals surface area (Å²) in [5.74, 6) is -0.195. The van der Waals surface area contributed by atoms with Crippen molar-refractivity contribution in [1.82, 2.24) is 4.98 Å². The number of para-hydroxylation sites is 1. The van der Waals surface area contributed by atoms with E-state index in [4.69, 9.17) is 0 Å². The van der Waals surface area contributed by atoms with Gasteiger partial charge in [-0.2, -0.15) is 0 Å². The Bertz CT molecular complexity index is 702. The number of halogens is 1. The van der Waals surface area contributed by atoms with Crippen LogP contribution in [0.15, 0.2) is 47.1 Å². The number of piperidine rings is 1. The third-order valence-electron chi connectivity index (χ3n) is 4.53. The number of amides is 1. The Balaban J connectivity index is 1.72. The van der Waals surface area contributed by atoms with Gasteiger partial charge in [0.15, 0.2) is 0 Å². The molecule has 0 saturated carbocycles. The second-order valence-electron chi connectivity index (χ2n) is 6.09. The number of hydrogen-bond donors (Lipinski definition) is 1. The summed E-state index contributed by atoms with van der Waals surface area (Å²) >= 11 is 3.43. The van der Waals surface area contributed by atoms with Gasteiger partial charge in [0.1, 0.15) is 5.69 Å². The van der Waals surface area contributed by atoms with E-state index in [1.54, 1.807) is 0 Å². The largest absolute Gasteiger partial charge is 0.367 e. The van der Waals surface area contributed by atoms with E-state index in [1.165, 1.54) is 19.3 Å². The van der Waals surface area contributed by atoms with Gasteiger partial charge in [-0.05, 0) is 65.9 Å². The summed E-state index contributed by atoms with van der Waals surface area (Å²) in [4.78, 5) is 19.2. The molecule has 1 aromatic carbocycles. The van der Waals surface area contributed by atoms with Crippen LogP contribution in [0.3, 0.4) is 0 Å². The van der Waals surface area contributed by atoms with Gasteiger partial charge in [-0.1, -0.05) is 19.1 Å². The quantitative estimate of drug-likeness (QED) is 0.813. The van der Waals surface area contributed by atoms with Crippen LogP contribution < -0.4 is 10.2 Å². The highest BCUT2D eigenvalue weighted by molar-refractivity contribution is 9.10. The molecule has 4 nitrogen and oxygen atoms in total. The highest BCUT2D eigenvalue weighted by Crippen LogP contribution is 2.26. The van der Waals surface area contributed by atoms with E-state index < -0.39 is 0 Å². The van der Waals surface area contributed by atoms with E-state index >= 15 is 0 Å². The number of pyridine rings is 1. The molecule has 3 rings (SSSR count). The zero-order valence-electron chi connectivity index (χ0n) is 13.8. The van der Waals surface area contributed by atoms with Crippen LogP contribution in [-0.2, 0) is 0 Å². The van der Waals surface area contributed by atoms with Crippen molar-refractivity contribution in [2.75, 3.05) is 16.8 Å². The van der Waals surface area contributed by atoms with Crippen molar-refractivity contribution < 1.29 is 4.79 Å². The van der Waals surface area contributed by atoms with E-state index in [2.05, 4.69) is 38.1 Å². The first-order valence-corrected chi connectivity index (χ1v) is 9.27. The normalized spacial score (nSPS) is 17.6. The predicted molar refractivity (Wildman–Crippen MR) is 102 cm³/mol. The van der Waals surface area contributed by atoms with Crippen molar-refractivity contribution in [3.8, 4) is 0 Å². The van der Waals surface area contributed by atoms with Crippen LogP contribution in [0, 0.1) is 0 Å². The van der Waals surface area contributed by atoms with Crippen molar-refractivity contribution in [1.29, 1.82) is 0 Å². The predicted octanol–water partition coefficient (Wildman–Crippen LogP) is 4.87. The molecule has 0 bridgehead atoms. The van der Waals surface area contributed by atoms with E-state index in [1.807, 2.05) is 42.6 Å². The standard InChI is InChI=1S/C19H22BrN3O/c1-2-14-7-5-6-12-23(14)15-10-11-18(21-13-15)19(24)22-17-9-4-3-8-16(17)20/h3-4,8-11,13-14H,2,5-7,12H2,1H3,(H,22,24). The molecule has 1 saturated heterocycles. The van der Waals surface area contributed by atoms with Crippen molar-refractivity contribution >= 4 is 33.2 Å². The molecule has 0 radical (unpaired) electrons. The molecule has 1 fully saturated rings. The third-order valence-corrected chi connectivity index (χ3v) is 5.22. The fourth-order valence-corrected chi connectivity index (χ4v) is 3.59. The first-order chi connectivity index (χ1) is 11.7. The molecule has 1 atom stereocenters. The van der Waals surface area contributed by atoms with Gasteiger partial charge in [-0.15, -0.1) is 0 Å². The Morgan fingerprint density at radius 2 is 2.12 bits per heavy atom. The maximum Gasteiger partial charge on any atom is 0.274 e. The Morgan fingerprint density at radius 3 is 2.83 bits per heavy atom. The molecule has 1 unspecified atom stereocenters. The second kappa shape index (κ2) is 7.79. The zero-order valence-corrected chi connectivity index (χ0v) is 15.4. The minimum Gasteiger partial charge on any atom is -0.367 e. The van der Waals surface area contributed by atoms with Gasteiger partial charge < -0.3 is 10.2 Å². The summed E-state index contributed by atoms with van der Waals surface area (Å²) in [5.41, 5.74) is 2.29. The Hall–Kier alpha value is -1.88. The van der Waals surface area contributed by atoms with Gasteiger partial charge in [0.25, 0.3) is 5.91 Å². The number of anilines is 2. The molecule has 5 heteroatoms. The number of benzene rings is 1. The third kappa shape index (κ3) is 3.78. The maximum atomic E-state index is 12.4. The number of hydrogen-bond acceptors (Lipinski definition) is 3.